The van der Waals surface area contributed by atoms with Gasteiger partial charge in [0, 0.05) is 35.3 Å². The number of nitro groups is 1. The van der Waals surface area contributed by atoms with E-state index in [2.05, 4.69) is 5.32 Å². The molecule has 0 spiro atoms. The predicted molar refractivity (Wildman–Crippen MR) is 135 cm³/mol. The van der Waals surface area contributed by atoms with Gasteiger partial charge in [0.2, 0.25) is 10.0 Å². The summed E-state index contributed by atoms with van der Waals surface area (Å²) in [6.45, 7) is 6.78. The molecular weight excluding hydrogens is 492 g/mol. The average molecular weight is 523 g/mol. The number of nitrogens with zero attached hydrogens (tertiary/aromatic N) is 2. The summed E-state index contributed by atoms with van der Waals surface area (Å²) in [4.78, 5) is 25.9. The van der Waals surface area contributed by atoms with Gasteiger partial charge in [-0.05, 0) is 57.9 Å². The number of carbonyl (C=O) groups excluding carboxylic acids is 1. The number of nitro benzene ring substituents is 1. The minimum absolute atomic E-state index is 0.199. The van der Waals surface area contributed by atoms with Gasteiger partial charge in [-0.2, -0.15) is 0 Å². The molecule has 3 N–H and O–H groups in total. The molecule has 3 rings (SSSR count). The molecule has 35 heavy (non-hydrogen) atoms. The zero-order valence-corrected chi connectivity index (χ0v) is 21.5. The number of benzene rings is 2. The average Bonchev–Trinajstić information content (AvgIpc) is 2.77. The van der Waals surface area contributed by atoms with Gasteiger partial charge in [-0.25, -0.2) is 18.4 Å². The van der Waals surface area contributed by atoms with Crippen molar-refractivity contribution in [2.24, 2.45) is 5.14 Å². The zero-order valence-electron chi connectivity index (χ0n) is 19.9. The molecule has 1 saturated heterocycles. The second-order valence-electron chi connectivity index (χ2n) is 9.40. The van der Waals surface area contributed by atoms with Crippen LogP contribution in [0.25, 0.3) is 0 Å². The maximum Gasteiger partial charge on any atom is 0.410 e. The van der Waals surface area contributed by atoms with E-state index in [1.807, 2.05) is 51.1 Å². The van der Waals surface area contributed by atoms with Crippen molar-refractivity contribution in [3.63, 3.8) is 0 Å². The number of carbonyl (C=O) groups is 1. The fraction of sp³-hybridized carbons (Fsp3) is 0.435. The summed E-state index contributed by atoms with van der Waals surface area (Å²) < 4.78 is 28.4. The fourth-order valence-electron chi connectivity index (χ4n) is 3.72. The minimum Gasteiger partial charge on any atom is -0.444 e. The van der Waals surface area contributed by atoms with Gasteiger partial charge in [0.25, 0.3) is 5.69 Å². The Hall–Kier alpha value is -2.83. The van der Waals surface area contributed by atoms with E-state index in [-0.39, 0.29) is 27.1 Å². The van der Waals surface area contributed by atoms with Gasteiger partial charge in [0.1, 0.15) is 11.3 Å². The van der Waals surface area contributed by atoms with Gasteiger partial charge in [-0.15, -0.1) is 11.8 Å². The first-order valence-electron chi connectivity index (χ1n) is 11.1. The standard InChI is InChI=1S/C23H30N4O6S2/c1-22(2,3)33-21(28)26-13-11-23(12-14-26,34-17-7-5-4-6-8-17)16-25-19-10-9-18(35(24,31)32)15-20(19)27(29)30/h4-10,15,25H,11-14,16H2,1-3H3,(H2,24,31,32). The van der Waals surface area contributed by atoms with Gasteiger partial charge < -0.3 is 15.0 Å². The lowest BCUT2D eigenvalue weighted by Crippen LogP contribution is -2.49. The lowest BCUT2D eigenvalue weighted by atomic mass is 9.95. The maximum atomic E-state index is 12.5. The van der Waals surface area contributed by atoms with Gasteiger partial charge in [-0.3, -0.25) is 10.1 Å². The number of primary sulfonamides is 1. The van der Waals surface area contributed by atoms with Crippen molar-refractivity contribution in [3.8, 4) is 0 Å². The highest BCUT2D eigenvalue weighted by molar-refractivity contribution is 8.00. The van der Waals surface area contributed by atoms with Crippen molar-refractivity contribution >= 4 is 39.3 Å². The Bertz CT molecular complexity index is 1170. The third kappa shape index (κ3) is 7.33. The first kappa shape index (κ1) is 26.8. The molecule has 1 amide bonds. The molecular formula is C23H30N4O6S2. The van der Waals surface area contributed by atoms with E-state index in [1.165, 1.54) is 12.1 Å². The minimum atomic E-state index is -4.08. The number of hydrogen-bond donors (Lipinski definition) is 2. The van der Waals surface area contributed by atoms with Gasteiger partial charge >= 0.3 is 6.09 Å². The van der Waals surface area contributed by atoms with Crippen molar-refractivity contribution in [3.05, 3.63) is 58.6 Å². The molecule has 0 radical (unpaired) electrons. The molecule has 12 heteroatoms. The van der Waals surface area contributed by atoms with Gasteiger partial charge in [0.15, 0.2) is 0 Å². The smallest absolute Gasteiger partial charge is 0.410 e. The zero-order chi connectivity index (χ0) is 25.9. The second kappa shape index (κ2) is 10.4. The summed E-state index contributed by atoms with van der Waals surface area (Å²) in [7, 11) is -4.08. The molecule has 1 aliphatic rings. The number of nitrogens with two attached hydrogens (primary N) is 1. The summed E-state index contributed by atoms with van der Waals surface area (Å²) in [6, 6.07) is 13.4. The molecule has 190 valence electrons. The Balaban J connectivity index is 1.82. The van der Waals surface area contributed by atoms with Crippen LogP contribution in [0.2, 0.25) is 0 Å². The Morgan fingerprint density at radius 3 is 2.37 bits per heavy atom. The molecule has 2 aromatic carbocycles. The highest BCUT2D eigenvalue weighted by Gasteiger charge is 2.38. The van der Waals surface area contributed by atoms with Crippen molar-refractivity contribution in [1.82, 2.24) is 4.90 Å². The second-order valence-corrected chi connectivity index (χ2v) is 12.5. The molecule has 1 heterocycles. The maximum absolute atomic E-state index is 12.5. The Kier molecular flexibility index (Phi) is 7.97. The van der Waals surface area contributed by atoms with Crippen molar-refractivity contribution in [2.45, 2.75) is 53.8 Å². The number of hydrogen-bond acceptors (Lipinski definition) is 8. The van der Waals surface area contributed by atoms with Crippen molar-refractivity contribution in [2.75, 3.05) is 25.0 Å². The molecule has 0 bridgehead atoms. The van der Waals surface area contributed by atoms with E-state index in [0.717, 1.165) is 11.0 Å². The SMILES string of the molecule is CC(C)(C)OC(=O)N1CCC(CNc2ccc(S(N)(=O)=O)cc2[N+](=O)[O-])(Sc2ccccc2)CC1. The van der Waals surface area contributed by atoms with Crippen LogP contribution in [0, 0.1) is 10.1 Å². The Morgan fingerprint density at radius 2 is 1.83 bits per heavy atom. The molecule has 1 aliphatic heterocycles. The molecule has 0 atom stereocenters. The van der Waals surface area contributed by atoms with Crippen LogP contribution >= 0.6 is 11.8 Å². The van der Waals surface area contributed by atoms with E-state index >= 15 is 0 Å². The molecule has 10 nitrogen and oxygen atoms in total. The molecule has 2 aromatic rings. The first-order valence-corrected chi connectivity index (χ1v) is 13.4. The van der Waals surface area contributed by atoms with Crippen LogP contribution in [-0.2, 0) is 14.8 Å². The highest BCUT2D eigenvalue weighted by atomic mass is 32.2. The Morgan fingerprint density at radius 1 is 1.20 bits per heavy atom. The van der Waals surface area contributed by atoms with E-state index in [1.54, 1.807) is 16.7 Å². The number of amides is 1. The normalized spacial score (nSPS) is 15.9. The topological polar surface area (TPSA) is 145 Å². The number of rotatable bonds is 7. The lowest BCUT2D eigenvalue weighted by Gasteiger charge is -2.41. The largest absolute Gasteiger partial charge is 0.444 e. The van der Waals surface area contributed by atoms with E-state index in [9.17, 15) is 23.3 Å². The number of anilines is 1. The van der Waals surface area contributed by atoms with Crippen molar-refractivity contribution < 1.29 is 22.9 Å². The third-order valence-corrected chi connectivity index (χ3v) is 7.90. The van der Waals surface area contributed by atoms with Gasteiger partial charge in [-0.1, -0.05) is 18.2 Å². The number of piperidine rings is 1. The number of sulfonamides is 1. The van der Waals surface area contributed by atoms with E-state index in [4.69, 9.17) is 9.88 Å². The summed E-state index contributed by atoms with van der Waals surface area (Å²) in [5.41, 5.74) is -0.763. The number of thioether (sulfide) groups is 1. The number of likely N-dealkylation sites (tertiary alicyclic amines) is 1. The number of ether oxygens (including phenoxy) is 1. The van der Waals surface area contributed by atoms with Gasteiger partial charge in [0.05, 0.1) is 9.82 Å². The molecule has 0 saturated carbocycles. The monoisotopic (exact) mass is 522 g/mol. The quantitative estimate of drug-likeness (QED) is 0.406. The molecule has 0 unspecified atom stereocenters. The van der Waals surface area contributed by atoms with Crippen molar-refractivity contribution in [1.29, 1.82) is 0 Å². The number of nitrogens with one attached hydrogen (secondary N) is 1. The molecule has 0 aliphatic carbocycles. The fourth-order valence-corrected chi connectivity index (χ4v) is 5.58. The molecule has 1 fully saturated rings. The first-order chi connectivity index (χ1) is 16.3. The predicted octanol–water partition coefficient (Wildman–Crippen LogP) is 4.22. The summed E-state index contributed by atoms with van der Waals surface area (Å²) in [5.74, 6) is 0. The third-order valence-electron chi connectivity index (χ3n) is 5.50. The van der Waals surface area contributed by atoms with E-state index in [0.29, 0.717) is 32.5 Å². The summed E-state index contributed by atoms with van der Waals surface area (Å²) in [6.07, 6.45) is 0.891. The van der Waals surface area contributed by atoms with Crippen LogP contribution in [0.15, 0.2) is 58.3 Å². The summed E-state index contributed by atoms with van der Waals surface area (Å²) in [5, 5.41) is 19.9. The van der Waals surface area contributed by atoms with Crippen LogP contribution in [0.3, 0.4) is 0 Å². The lowest BCUT2D eigenvalue weighted by molar-refractivity contribution is -0.384. The van der Waals surface area contributed by atoms with Crippen LogP contribution in [-0.4, -0.2) is 54.3 Å². The summed E-state index contributed by atoms with van der Waals surface area (Å²) >= 11 is 1.65. The van der Waals surface area contributed by atoms with Crippen LogP contribution in [0.1, 0.15) is 33.6 Å². The van der Waals surface area contributed by atoms with Crippen LogP contribution in [0.5, 0.6) is 0 Å². The highest BCUT2D eigenvalue weighted by Crippen LogP contribution is 2.42. The van der Waals surface area contributed by atoms with E-state index < -0.39 is 20.5 Å². The van der Waals surface area contributed by atoms with Crippen LogP contribution in [0.4, 0.5) is 16.2 Å². The molecule has 0 aromatic heterocycles. The van der Waals surface area contributed by atoms with Crippen LogP contribution < -0.4 is 10.5 Å². The Labute approximate surface area is 209 Å².